The highest BCUT2D eigenvalue weighted by atomic mass is 19.4. The van der Waals surface area contributed by atoms with Crippen LogP contribution in [0.4, 0.5) is 13.2 Å². The van der Waals surface area contributed by atoms with E-state index < -0.39 is 11.7 Å². The summed E-state index contributed by atoms with van der Waals surface area (Å²) in [5.74, 6) is 0.272. The molecule has 1 aliphatic rings. The lowest BCUT2D eigenvalue weighted by Gasteiger charge is -2.36. The standard InChI is InChI=1S/C19H15F3N4O2/c20-19(21,22)12-2-6-17(24-8-12)28-14-3-5-15-11(7-14)1-4-16(25-15)18(27)26-9-13(23)10-26/h1-8,13H,9-10,23H2. The average Bonchev–Trinajstić information content (AvgIpc) is 2.64. The molecule has 6 nitrogen and oxygen atoms in total. The molecule has 2 aromatic heterocycles. The molecular formula is C19H15F3N4O2. The minimum atomic E-state index is -4.45. The number of amides is 1. The maximum atomic E-state index is 12.6. The van der Waals surface area contributed by atoms with Crippen molar-refractivity contribution in [3.05, 3.63) is 59.9 Å². The molecule has 0 aliphatic carbocycles. The van der Waals surface area contributed by atoms with Gasteiger partial charge in [0.1, 0.15) is 11.4 Å². The summed E-state index contributed by atoms with van der Waals surface area (Å²) in [4.78, 5) is 22.0. The minimum absolute atomic E-state index is 0.0166. The third kappa shape index (κ3) is 3.61. The van der Waals surface area contributed by atoms with Crippen LogP contribution in [0.2, 0.25) is 0 Å². The largest absolute Gasteiger partial charge is 0.439 e. The SMILES string of the molecule is NC1CN(C(=O)c2ccc3cc(Oc4ccc(C(F)(F)F)cn4)ccc3n2)C1. The summed E-state index contributed by atoms with van der Waals surface area (Å²) in [7, 11) is 0. The Morgan fingerprint density at radius 2 is 1.93 bits per heavy atom. The van der Waals surface area contributed by atoms with Crippen LogP contribution in [0.15, 0.2) is 48.7 Å². The predicted octanol–water partition coefficient (Wildman–Crippen LogP) is 3.22. The first-order chi connectivity index (χ1) is 13.3. The van der Waals surface area contributed by atoms with Crippen molar-refractivity contribution in [2.75, 3.05) is 13.1 Å². The van der Waals surface area contributed by atoms with E-state index in [2.05, 4.69) is 9.97 Å². The van der Waals surface area contributed by atoms with Gasteiger partial charge in [0, 0.05) is 36.8 Å². The third-order valence-corrected chi connectivity index (χ3v) is 4.36. The molecule has 144 valence electrons. The first-order valence-electron chi connectivity index (χ1n) is 8.46. The number of nitrogens with two attached hydrogens (primary N) is 1. The molecule has 1 aromatic carbocycles. The topological polar surface area (TPSA) is 81.3 Å². The van der Waals surface area contributed by atoms with Crippen molar-refractivity contribution >= 4 is 16.8 Å². The molecule has 1 amide bonds. The van der Waals surface area contributed by atoms with Crippen LogP contribution in [0.3, 0.4) is 0 Å². The summed E-state index contributed by atoms with van der Waals surface area (Å²) >= 11 is 0. The summed E-state index contributed by atoms with van der Waals surface area (Å²) in [6.45, 7) is 1.04. The van der Waals surface area contributed by atoms with Gasteiger partial charge in [-0.05, 0) is 30.3 Å². The van der Waals surface area contributed by atoms with E-state index in [1.54, 1.807) is 35.2 Å². The molecule has 0 spiro atoms. The van der Waals surface area contributed by atoms with Gasteiger partial charge < -0.3 is 15.4 Å². The number of likely N-dealkylation sites (tertiary alicyclic amines) is 1. The number of fused-ring (bicyclic) bond motifs is 1. The highest BCUT2D eigenvalue weighted by Crippen LogP contribution is 2.30. The third-order valence-electron chi connectivity index (χ3n) is 4.36. The minimum Gasteiger partial charge on any atom is -0.439 e. The molecule has 2 N–H and O–H groups in total. The smallest absolute Gasteiger partial charge is 0.417 e. The number of hydrogen-bond donors (Lipinski definition) is 1. The Morgan fingerprint density at radius 3 is 2.57 bits per heavy atom. The molecule has 0 saturated carbocycles. The van der Waals surface area contributed by atoms with Crippen molar-refractivity contribution in [2.45, 2.75) is 12.2 Å². The highest BCUT2D eigenvalue weighted by molar-refractivity contribution is 5.95. The first-order valence-corrected chi connectivity index (χ1v) is 8.46. The summed E-state index contributed by atoms with van der Waals surface area (Å²) in [5, 5.41) is 0.723. The van der Waals surface area contributed by atoms with Gasteiger partial charge in [-0.25, -0.2) is 9.97 Å². The van der Waals surface area contributed by atoms with E-state index in [0.29, 0.717) is 30.0 Å². The fourth-order valence-electron chi connectivity index (χ4n) is 2.86. The number of aromatic nitrogens is 2. The van der Waals surface area contributed by atoms with Crippen LogP contribution in [0.1, 0.15) is 16.1 Å². The van der Waals surface area contributed by atoms with Gasteiger partial charge in [0.25, 0.3) is 5.91 Å². The number of alkyl halides is 3. The number of nitrogens with zero attached hydrogens (tertiary/aromatic N) is 3. The van der Waals surface area contributed by atoms with Crippen LogP contribution in [0.25, 0.3) is 10.9 Å². The van der Waals surface area contributed by atoms with Gasteiger partial charge in [-0.2, -0.15) is 13.2 Å². The van der Waals surface area contributed by atoms with Crippen molar-refractivity contribution in [3.8, 4) is 11.6 Å². The zero-order valence-corrected chi connectivity index (χ0v) is 14.5. The van der Waals surface area contributed by atoms with Gasteiger partial charge in [0.15, 0.2) is 0 Å². The fourth-order valence-corrected chi connectivity index (χ4v) is 2.86. The number of ether oxygens (including phenoxy) is 1. The maximum Gasteiger partial charge on any atom is 0.417 e. The summed E-state index contributed by atoms with van der Waals surface area (Å²) in [6.07, 6.45) is -3.73. The van der Waals surface area contributed by atoms with Crippen LogP contribution in [-0.2, 0) is 6.18 Å². The lowest BCUT2D eigenvalue weighted by atomic mass is 10.1. The Labute approximate surface area is 157 Å². The van der Waals surface area contributed by atoms with E-state index in [0.717, 1.165) is 23.7 Å². The van der Waals surface area contributed by atoms with Crippen molar-refractivity contribution in [3.63, 3.8) is 0 Å². The van der Waals surface area contributed by atoms with Gasteiger partial charge in [0.2, 0.25) is 5.88 Å². The molecule has 4 rings (SSSR count). The summed E-state index contributed by atoms with van der Waals surface area (Å²) < 4.78 is 43.3. The van der Waals surface area contributed by atoms with E-state index in [9.17, 15) is 18.0 Å². The van der Waals surface area contributed by atoms with Gasteiger partial charge in [-0.15, -0.1) is 0 Å². The van der Waals surface area contributed by atoms with Gasteiger partial charge in [0.05, 0.1) is 11.1 Å². The second-order valence-electron chi connectivity index (χ2n) is 6.51. The number of benzene rings is 1. The number of hydrogen-bond acceptors (Lipinski definition) is 5. The Bertz CT molecular complexity index is 1030. The van der Waals surface area contributed by atoms with E-state index in [4.69, 9.17) is 10.5 Å². The van der Waals surface area contributed by atoms with E-state index >= 15 is 0 Å². The predicted molar refractivity (Wildman–Crippen MR) is 94.9 cm³/mol. The number of rotatable bonds is 3. The number of carbonyl (C=O) groups excluding carboxylic acids is 1. The second-order valence-corrected chi connectivity index (χ2v) is 6.51. The van der Waals surface area contributed by atoms with Gasteiger partial charge in [-0.3, -0.25) is 4.79 Å². The Hall–Kier alpha value is -3.20. The second kappa shape index (κ2) is 6.75. The van der Waals surface area contributed by atoms with Crippen molar-refractivity contribution in [1.29, 1.82) is 0 Å². The number of pyridine rings is 2. The molecule has 0 atom stereocenters. The van der Waals surface area contributed by atoms with Crippen molar-refractivity contribution < 1.29 is 22.7 Å². The Kier molecular flexibility index (Phi) is 4.38. The van der Waals surface area contributed by atoms with Crippen LogP contribution in [-0.4, -0.2) is 39.9 Å². The first kappa shape index (κ1) is 18.2. The molecule has 1 aliphatic heterocycles. The van der Waals surface area contributed by atoms with Crippen LogP contribution in [0.5, 0.6) is 11.6 Å². The fraction of sp³-hybridized carbons (Fsp3) is 0.211. The van der Waals surface area contributed by atoms with Crippen LogP contribution < -0.4 is 10.5 Å². The average molecular weight is 388 g/mol. The van der Waals surface area contributed by atoms with Crippen LogP contribution >= 0.6 is 0 Å². The summed E-state index contributed by atoms with van der Waals surface area (Å²) in [6, 6.07) is 10.4. The van der Waals surface area contributed by atoms with Crippen molar-refractivity contribution in [1.82, 2.24) is 14.9 Å². The molecular weight excluding hydrogens is 373 g/mol. The van der Waals surface area contributed by atoms with Crippen molar-refractivity contribution in [2.24, 2.45) is 5.73 Å². The monoisotopic (exact) mass is 388 g/mol. The van der Waals surface area contributed by atoms with Crippen LogP contribution in [0, 0.1) is 0 Å². The lowest BCUT2D eigenvalue weighted by molar-refractivity contribution is -0.137. The van der Waals surface area contributed by atoms with E-state index in [-0.39, 0.29) is 17.8 Å². The van der Waals surface area contributed by atoms with Gasteiger partial charge >= 0.3 is 6.18 Å². The molecule has 0 radical (unpaired) electrons. The number of halogens is 3. The highest BCUT2D eigenvalue weighted by Gasteiger charge is 2.31. The molecule has 3 aromatic rings. The molecule has 9 heteroatoms. The van der Waals surface area contributed by atoms with E-state index in [1.165, 1.54) is 0 Å². The Morgan fingerprint density at radius 1 is 1.14 bits per heavy atom. The molecule has 0 bridgehead atoms. The Balaban J connectivity index is 1.52. The summed E-state index contributed by atoms with van der Waals surface area (Å²) in [5.41, 5.74) is 5.78. The quantitative estimate of drug-likeness (QED) is 0.745. The maximum absolute atomic E-state index is 12.6. The molecule has 3 heterocycles. The molecule has 0 unspecified atom stereocenters. The zero-order valence-electron chi connectivity index (χ0n) is 14.5. The van der Waals surface area contributed by atoms with Gasteiger partial charge in [-0.1, -0.05) is 6.07 Å². The molecule has 1 saturated heterocycles. The molecule has 28 heavy (non-hydrogen) atoms. The number of carbonyl (C=O) groups is 1. The normalized spacial score (nSPS) is 14.8. The van der Waals surface area contributed by atoms with E-state index in [1.807, 2.05) is 0 Å². The molecule has 1 fully saturated rings. The zero-order chi connectivity index (χ0) is 19.9. The lowest BCUT2D eigenvalue weighted by Crippen LogP contribution is -2.57.